The van der Waals surface area contributed by atoms with Crippen LogP contribution in [0.25, 0.3) is 21.8 Å². The number of rotatable bonds is 15. The Morgan fingerprint density at radius 2 is 1.69 bits per heavy atom. The van der Waals surface area contributed by atoms with Crippen LogP contribution in [0.4, 0.5) is 5.82 Å². The number of carboxylic acid groups (broad SMARTS) is 1. The number of anilines is 1. The fraction of sp³-hybridized carbons (Fsp3) is 0.387. The minimum absolute atomic E-state index is 0.0796. The molecule has 2 aromatic heterocycles. The number of aromatic nitrogens is 2. The van der Waals surface area contributed by atoms with Crippen LogP contribution in [0, 0.1) is 6.92 Å². The Bertz CT molecular complexity index is 1420. The lowest BCUT2D eigenvalue weighted by molar-refractivity contribution is -0.136. The number of hydrogen-bond acceptors (Lipinski definition) is 7. The van der Waals surface area contributed by atoms with Crippen molar-refractivity contribution in [1.29, 1.82) is 0 Å². The van der Waals surface area contributed by atoms with Gasteiger partial charge in [0.2, 0.25) is 0 Å². The molecule has 39 heavy (non-hydrogen) atoms. The Morgan fingerprint density at radius 3 is 2.46 bits per heavy atom. The molecule has 0 fully saturated rings. The van der Waals surface area contributed by atoms with E-state index in [0.717, 1.165) is 59.0 Å². The van der Waals surface area contributed by atoms with Crippen molar-refractivity contribution in [3.05, 3.63) is 70.9 Å². The molecule has 3 N–H and O–H groups in total. The number of ether oxygens (including phenoxy) is 3. The van der Waals surface area contributed by atoms with Crippen molar-refractivity contribution in [1.82, 2.24) is 9.97 Å². The van der Waals surface area contributed by atoms with Gasteiger partial charge in [-0.05, 0) is 79.1 Å². The molecule has 0 saturated heterocycles. The molecule has 0 aliphatic heterocycles. The monoisotopic (exact) mass is 531 g/mol. The molecule has 0 saturated carbocycles. The molecule has 0 radical (unpaired) electrons. The molecule has 8 nitrogen and oxygen atoms in total. The number of nitrogens with two attached hydrogens (primary N) is 1. The third-order valence-corrected chi connectivity index (χ3v) is 6.62. The minimum atomic E-state index is -0.818. The average Bonchev–Trinajstić information content (AvgIpc) is 2.92. The van der Waals surface area contributed by atoms with Gasteiger partial charge in [0.15, 0.2) is 5.82 Å². The molecule has 2 aromatic carbocycles. The number of pyridine rings is 2. The van der Waals surface area contributed by atoms with E-state index in [9.17, 15) is 4.79 Å². The minimum Gasteiger partial charge on any atom is -0.491 e. The smallest absolute Gasteiger partial charge is 0.303 e. The van der Waals surface area contributed by atoms with Gasteiger partial charge in [0.25, 0.3) is 0 Å². The van der Waals surface area contributed by atoms with Gasteiger partial charge in [-0.1, -0.05) is 25.1 Å². The van der Waals surface area contributed by atoms with Crippen LogP contribution in [-0.2, 0) is 33.5 Å². The van der Waals surface area contributed by atoms with E-state index < -0.39 is 5.97 Å². The van der Waals surface area contributed by atoms with Gasteiger partial charge in [-0.3, -0.25) is 9.78 Å². The first kappa shape index (κ1) is 28.3. The SMILES string of the molecule is CCCOCCOCCOc1ccc(CCc2cnc3c(N)nc4cc(CCC(=O)O)ccc4c3c2)c(C)c1. The summed E-state index contributed by atoms with van der Waals surface area (Å²) >= 11 is 0. The highest BCUT2D eigenvalue weighted by molar-refractivity contribution is 6.08. The van der Waals surface area contributed by atoms with E-state index in [0.29, 0.717) is 44.2 Å². The first-order chi connectivity index (χ1) is 18.9. The van der Waals surface area contributed by atoms with Gasteiger partial charge < -0.3 is 25.1 Å². The van der Waals surface area contributed by atoms with Gasteiger partial charge >= 0.3 is 5.97 Å². The van der Waals surface area contributed by atoms with E-state index in [1.165, 1.54) is 11.1 Å². The Balaban J connectivity index is 1.37. The van der Waals surface area contributed by atoms with E-state index in [2.05, 4.69) is 42.0 Å². The van der Waals surface area contributed by atoms with Gasteiger partial charge in [0.05, 0.1) is 25.3 Å². The Hall–Kier alpha value is -3.75. The van der Waals surface area contributed by atoms with E-state index >= 15 is 0 Å². The number of carbonyl (C=O) groups is 1. The van der Waals surface area contributed by atoms with Gasteiger partial charge in [0, 0.05) is 30.0 Å². The third kappa shape index (κ3) is 7.88. The predicted octanol–water partition coefficient (Wildman–Crippen LogP) is 5.30. The Morgan fingerprint density at radius 1 is 0.897 bits per heavy atom. The predicted molar refractivity (Wildman–Crippen MR) is 153 cm³/mol. The van der Waals surface area contributed by atoms with Crippen LogP contribution in [0.5, 0.6) is 5.75 Å². The van der Waals surface area contributed by atoms with Crippen LogP contribution in [0.2, 0.25) is 0 Å². The van der Waals surface area contributed by atoms with Crippen LogP contribution < -0.4 is 10.5 Å². The summed E-state index contributed by atoms with van der Waals surface area (Å²) in [7, 11) is 0. The summed E-state index contributed by atoms with van der Waals surface area (Å²) in [4.78, 5) is 20.1. The zero-order chi connectivity index (χ0) is 27.6. The van der Waals surface area contributed by atoms with Crippen LogP contribution in [0.3, 0.4) is 0 Å². The molecule has 0 aliphatic rings. The average molecular weight is 532 g/mol. The van der Waals surface area contributed by atoms with Crippen LogP contribution in [0.15, 0.2) is 48.7 Å². The van der Waals surface area contributed by atoms with E-state index in [4.69, 9.17) is 25.1 Å². The van der Waals surface area contributed by atoms with Crippen molar-refractivity contribution in [3.8, 4) is 5.75 Å². The molecule has 0 bridgehead atoms. The van der Waals surface area contributed by atoms with Crippen LogP contribution in [-0.4, -0.2) is 54.1 Å². The van der Waals surface area contributed by atoms with Crippen LogP contribution in [0.1, 0.15) is 42.0 Å². The second kappa shape index (κ2) is 13.9. The van der Waals surface area contributed by atoms with Gasteiger partial charge in [-0.15, -0.1) is 0 Å². The number of benzene rings is 2. The number of fused-ring (bicyclic) bond motifs is 3. The van der Waals surface area contributed by atoms with Crippen LogP contribution >= 0.6 is 0 Å². The highest BCUT2D eigenvalue weighted by atomic mass is 16.5. The molecule has 4 aromatic rings. The zero-order valence-corrected chi connectivity index (χ0v) is 22.7. The quantitative estimate of drug-likeness (QED) is 0.157. The maximum atomic E-state index is 10.9. The van der Waals surface area contributed by atoms with Crippen molar-refractivity contribution in [2.45, 2.75) is 46.0 Å². The first-order valence-electron chi connectivity index (χ1n) is 13.5. The highest BCUT2D eigenvalue weighted by Crippen LogP contribution is 2.29. The molecular formula is C31H37N3O5. The third-order valence-electron chi connectivity index (χ3n) is 6.62. The summed E-state index contributed by atoms with van der Waals surface area (Å²) in [6, 6.07) is 14.2. The van der Waals surface area contributed by atoms with Gasteiger partial charge in [-0.2, -0.15) is 0 Å². The molecule has 8 heteroatoms. The van der Waals surface area contributed by atoms with Gasteiger partial charge in [-0.25, -0.2) is 4.98 Å². The number of nitrogens with zero attached hydrogens (tertiary/aromatic N) is 2. The molecule has 206 valence electrons. The molecule has 0 amide bonds. The summed E-state index contributed by atoms with van der Waals surface area (Å²) in [5.74, 6) is 0.397. The lowest BCUT2D eigenvalue weighted by Crippen LogP contribution is -2.11. The molecule has 2 heterocycles. The highest BCUT2D eigenvalue weighted by Gasteiger charge is 2.11. The number of aryl methyl sites for hydroxylation is 4. The zero-order valence-electron chi connectivity index (χ0n) is 22.7. The lowest BCUT2D eigenvalue weighted by Gasteiger charge is -2.12. The Labute approximate surface area is 229 Å². The fourth-order valence-corrected chi connectivity index (χ4v) is 4.54. The molecule has 0 atom stereocenters. The molecular weight excluding hydrogens is 494 g/mol. The maximum Gasteiger partial charge on any atom is 0.303 e. The molecule has 0 unspecified atom stereocenters. The van der Waals surface area contributed by atoms with Gasteiger partial charge in [0.1, 0.15) is 17.9 Å². The van der Waals surface area contributed by atoms with Crippen molar-refractivity contribution in [2.24, 2.45) is 0 Å². The van der Waals surface area contributed by atoms with E-state index in [1.807, 2.05) is 30.5 Å². The van der Waals surface area contributed by atoms with E-state index in [1.54, 1.807) is 0 Å². The number of hydrogen-bond donors (Lipinski definition) is 2. The fourth-order valence-electron chi connectivity index (χ4n) is 4.54. The number of nitrogen functional groups attached to an aromatic ring is 1. The summed E-state index contributed by atoms with van der Waals surface area (Å²) in [6.45, 7) is 7.19. The molecule has 0 spiro atoms. The summed E-state index contributed by atoms with van der Waals surface area (Å²) in [6.07, 6.45) is 5.12. The summed E-state index contributed by atoms with van der Waals surface area (Å²) in [5.41, 5.74) is 12.1. The van der Waals surface area contributed by atoms with E-state index in [-0.39, 0.29) is 6.42 Å². The Kier molecular flexibility index (Phi) is 10.1. The number of carboxylic acids is 1. The lowest BCUT2D eigenvalue weighted by atomic mass is 9.99. The molecule has 4 rings (SSSR count). The number of aliphatic carboxylic acids is 1. The van der Waals surface area contributed by atoms with Crippen molar-refractivity contribution in [3.63, 3.8) is 0 Å². The molecule has 0 aliphatic carbocycles. The topological polar surface area (TPSA) is 117 Å². The van der Waals surface area contributed by atoms with Crippen molar-refractivity contribution < 1.29 is 24.1 Å². The second-order valence-electron chi connectivity index (χ2n) is 9.64. The first-order valence-corrected chi connectivity index (χ1v) is 13.5. The van der Waals surface area contributed by atoms with Crippen molar-refractivity contribution in [2.75, 3.05) is 38.8 Å². The largest absolute Gasteiger partial charge is 0.491 e. The maximum absolute atomic E-state index is 10.9. The summed E-state index contributed by atoms with van der Waals surface area (Å²) in [5, 5.41) is 10.9. The second-order valence-corrected chi connectivity index (χ2v) is 9.64. The normalized spacial score (nSPS) is 11.3. The van der Waals surface area contributed by atoms with Crippen molar-refractivity contribution >= 4 is 33.6 Å². The summed E-state index contributed by atoms with van der Waals surface area (Å²) < 4.78 is 16.8. The standard InChI is InChI=1S/C31H37N3O5/c1-3-12-37-13-14-38-15-16-39-25-9-8-24(21(2)17-25)7-4-23-18-27-26-10-5-22(6-11-29(35)36)19-28(26)34-31(32)30(27)33-20-23/h5,8-10,17-20H,3-4,6-7,11-16H2,1-2H3,(H2,32,34)(H,35,36).